The molecule has 1 heteroatoms. The Morgan fingerprint density at radius 3 is 2.33 bits per heavy atom. The van der Waals surface area contributed by atoms with Gasteiger partial charge in [-0.15, -0.1) is 0 Å². The second-order valence-electron chi connectivity index (χ2n) is 6.54. The molecule has 1 aliphatic rings. The first-order valence-electron chi connectivity index (χ1n) is 6.96. The Labute approximate surface area is 111 Å². The molecule has 0 radical (unpaired) electrons. The van der Waals surface area contributed by atoms with E-state index in [4.69, 9.17) is 0 Å². The molecule has 18 heavy (non-hydrogen) atoms. The molecule has 0 aromatic heterocycles. The lowest BCUT2D eigenvalue weighted by molar-refractivity contribution is 0.445. The van der Waals surface area contributed by atoms with Crippen molar-refractivity contribution in [2.45, 2.75) is 52.0 Å². The van der Waals surface area contributed by atoms with Crippen molar-refractivity contribution in [2.24, 2.45) is 0 Å². The van der Waals surface area contributed by atoms with Crippen LogP contribution in [0.25, 0.3) is 6.08 Å². The highest BCUT2D eigenvalue weighted by molar-refractivity contribution is 5.53. The van der Waals surface area contributed by atoms with Crippen LogP contribution in [0.2, 0.25) is 0 Å². The van der Waals surface area contributed by atoms with Gasteiger partial charge >= 0.3 is 0 Å². The third kappa shape index (κ3) is 4.30. The molecule has 1 aliphatic carbocycles. The highest BCUT2D eigenvalue weighted by Gasteiger charge is 2.22. The van der Waals surface area contributed by atoms with Crippen LogP contribution in [0.15, 0.2) is 29.8 Å². The monoisotopic (exact) mass is 243 g/mol. The van der Waals surface area contributed by atoms with Crippen molar-refractivity contribution < 1.29 is 0 Å². The minimum absolute atomic E-state index is 0.185. The van der Waals surface area contributed by atoms with Crippen LogP contribution in [0.1, 0.15) is 57.6 Å². The molecule has 0 aliphatic heterocycles. The van der Waals surface area contributed by atoms with Crippen molar-refractivity contribution in [3.63, 3.8) is 0 Å². The molecule has 1 aromatic rings. The van der Waals surface area contributed by atoms with Gasteiger partial charge in [-0.2, -0.15) is 0 Å². The van der Waals surface area contributed by atoms with Crippen LogP contribution < -0.4 is 5.32 Å². The van der Waals surface area contributed by atoms with Gasteiger partial charge in [-0.05, 0) is 57.6 Å². The predicted octanol–water partition coefficient (Wildman–Crippen LogP) is 4.36. The summed E-state index contributed by atoms with van der Waals surface area (Å²) in [6.45, 7) is 9.74. The zero-order valence-corrected chi connectivity index (χ0v) is 12.1. The Hall–Kier alpha value is -1.08. The molecule has 1 fully saturated rings. The molecule has 0 spiro atoms. The fourth-order valence-corrected chi connectivity index (χ4v) is 2.02. The van der Waals surface area contributed by atoms with E-state index in [1.54, 1.807) is 0 Å². The molecular formula is C17H25N. The molecule has 0 heterocycles. The van der Waals surface area contributed by atoms with Gasteiger partial charge in [0.1, 0.15) is 0 Å². The molecule has 0 bridgehead atoms. The smallest absolute Gasteiger partial charge is 0.0170 e. The van der Waals surface area contributed by atoms with Gasteiger partial charge < -0.3 is 5.32 Å². The predicted molar refractivity (Wildman–Crippen MR) is 79.8 cm³/mol. The number of hydrogen-bond acceptors (Lipinski definition) is 1. The van der Waals surface area contributed by atoms with Crippen LogP contribution in [0, 0.1) is 0 Å². The van der Waals surface area contributed by atoms with E-state index in [2.05, 4.69) is 63.4 Å². The molecule has 0 atom stereocenters. The maximum atomic E-state index is 3.51. The zero-order valence-electron chi connectivity index (χ0n) is 12.1. The molecule has 98 valence electrons. The third-order valence-electron chi connectivity index (χ3n) is 3.30. The highest BCUT2D eigenvalue weighted by Crippen LogP contribution is 2.39. The largest absolute Gasteiger partial charge is 0.308 e. The average molecular weight is 243 g/mol. The van der Waals surface area contributed by atoms with E-state index < -0.39 is 0 Å². The van der Waals surface area contributed by atoms with Crippen LogP contribution >= 0.6 is 0 Å². The second-order valence-corrected chi connectivity index (χ2v) is 6.54. The van der Waals surface area contributed by atoms with E-state index in [1.165, 1.54) is 29.5 Å². The van der Waals surface area contributed by atoms with Crippen LogP contribution in [0.4, 0.5) is 0 Å². The van der Waals surface area contributed by atoms with Gasteiger partial charge in [0.15, 0.2) is 0 Å². The second kappa shape index (κ2) is 5.27. The molecule has 1 nitrogen and oxygen atoms in total. The van der Waals surface area contributed by atoms with E-state index in [-0.39, 0.29) is 5.54 Å². The number of rotatable bonds is 4. The summed E-state index contributed by atoms with van der Waals surface area (Å²) >= 11 is 0. The maximum absolute atomic E-state index is 3.51. The van der Waals surface area contributed by atoms with Gasteiger partial charge in [-0.25, -0.2) is 0 Å². The van der Waals surface area contributed by atoms with Crippen molar-refractivity contribution in [3.8, 4) is 0 Å². The number of hydrogen-bond donors (Lipinski definition) is 1. The first-order valence-corrected chi connectivity index (χ1v) is 6.96. The van der Waals surface area contributed by atoms with E-state index >= 15 is 0 Å². The molecular weight excluding hydrogens is 218 g/mol. The van der Waals surface area contributed by atoms with Gasteiger partial charge in [0, 0.05) is 12.1 Å². The maximum Gasteiger partial charge on any atom is 0.0170 e. The summed E-state index contributed by atoms with van der Waals surface area (Å²) in [6.07, 6.45) is 5.03. The first-order chi connectivity index (χ1) is 8.44. The summed E-state index contributed by atoms with van der Waals surface area (Å²) in [5, 5.41) is 3.51. The van der Waals surface area contributed by atoms with Crippen molar-refractivity contribution in [2.75, 3.05) is 6.54 Å². The van der Waals surface area contributed by atoms with Gasteiger partial charge in [-0.1, -0.05) is 35.9 Å². The minimum atomic E-state index is 0.185. The van der Waals surface area contributed by atoms with Gasteiger partial charge in [-0.3, -0.25) is 0 Å². The lowest BCUT2D eigenvalue weighted by Gasteiger charge is -2.20. The average Bonchev–Trinajstić information content (AvgIpc) is 3.10. The van der Waals surface area contributed by atoms with Crippen molar-refractivity contribution in [1.82, 2.24) is 5.32 Å². The fraction of sp³-hybridized carbons (Fsp3) is 0.529. The Balaban J connectivity index is 1.94. The zero-order chi connectivity index (χ0) is 13.2. The number of nitrogens with one attached hydrogen (secondary N) is 1. The van der Waals surface area contributed by atoms with Crippen LogP contribution in [-0.2, 0) is 0 Å². The quantitative estimate of drug-likeness (QED) is 0.828. The van der Waals surface area contributed by atoms with E-state index in [1.807, 2.05) is 0 Å². The SMILES string of the molecule is CC(=Cc1ccc(C2CC2)cc1)CNC(C)(C)C. The summed E-state index contributed by atoms with van der Waals surface area (Å²) in [6, 6.07) is 9.06. The minimum Gasteiger partial charge on any atom is -0.308 e. The van der Waals surface area contributed by atoms with Crippen LogP contribution in [-0.4, -0.2) is 12.1 Å². The fourth-order valence-electron chi connectivity index (χ4n) is 2.02. The van der Waals surface area contributed by atoms with Crippen molar-refractivity contribution >= 4 is 6.08 Å². The van der Waals surface area contributed by atoms with E-state index in [0.717, 1.165) is 12.5 Å². The molecule has 1 N–H and O–H groups in total. The van der Waals surface area contributed by atoms with Gasteiger partial charge in [0.2, 0.25) is 0 Å². The van der Waals surface area contributed by atoms with Crippen LogP contribution in [0.3, 0.4) is 0 Å². The third-order valence-corrected chi connectivity index (χ3v) is 3.30. The molecule has 0 amide bonds. The molecule has 0 saturated heterocycles. The van der Waals surface area contributed by atoms with Crippen LogP contribution in [0.5, 0.6) is 0 Å². The molecule has 0 unspecified atom stereocenters. The highest BCUT2D eigenvalue weighted by atomic mass is 14.9. The molecule has 1 aromatic carbocycles. The standard InChI is InChI=1S/C17H25N/c1-13(12-18-17(2,3)4)11-14-5-7-15(8-6-14)16-9-10-16/h5-8,11,16,18H,9-10,12H2,1-4H3. The summed E-state index contributed by atoms with van der Waals surface area (Å²) in [5.74, 6) is 0.853. The lowest BCUT2D eigenvalue weighted by atomic mass is 10.1. The summed E-state index contributed by atoms with van der Waals surface area (Å²) < 4.78 is 0. The Morgan fingerprint density at radius 2 is 1.83 bits per heavy atom. The Kier molecular flexibility index (Phi) is 3.91. The normalized spacial score (nSPS) is 17.0. The van der Waals surface area contributed by atoms with Gasteiger partial charge in [0.05, 0.1) is 0 Å². The van der Waals surface area contributed by atoms with Crippen molar-refractivity contribution in [1.29, 1.82) is 0 Å². The van der Waals surface area contributed by atoms with Gasteiger partial charge in [0.25, 0.3) is 0 Å². The Morgan fingerprint density at radius 1 is 1.22 bits per heavy atom. The number of benzene rings is 1. The van der Waals surface area contributed by atoms with Crippen molar-refractivity contribution in [3.05, 3.63) is 41.0 Å². The summed E-state index contributed by atoms with van der Waals surface area (Å²) in [5.41, 5.74) is 4.39. The molecule has 1 saturated carbocycles. The lowest BCUT2D eigenvalue weighted by Crippen LogP contribution is -2.36. The summed E-state index contributed by atoms with van der Waals surface area (Å²) in [7, 11) is 0. The Bertz CT molecular complexity index is 416. The van der Waals surface area contributed by atoms with E-state index in [0.29, 0.717) is 0 Å². The summed E-state index contributed by atoms with van der Waals surface area (Å²) in [4.78, 5) is 0. The topological polar surface area (TPSA) is 12.0 Å². The first kappa shape index (κ1) is 13.4. The van der Waals surface area contributed by atoms with E-state index in [9.17, 15) is 0 Å². The molecule has 2 rings (SSSR count).